The van der Waals surface area contributed by atoms with Crippen LogP contribution in [0.2, 0.25) is 0 Å². The van der Waals surface area contributed by atoms with Crippen molar-refractivity contribution in [3.63, 3.8) is 0 Å². The van der Waals surface area contributed by atoms with E-state index in [0.29, 0.717) is 19.6 Å². The van der Waals surface area contributed by atoms with Crippen LogP contribution in [0.15, 0.2) is 34.9 Å². The number of carbonyl (C=O) groups excluding carboxylic acids is 2. The van der Waals surface area contributed by atoms with Crippen LogP contribution in [0.1, 0.15) is 45.5 Å². The largest absolute Gasteiger partial charge is 0.384 e. The lowest BCUT2D eigenvalue weighted by Crippen LogP contribution is -2.51. The summed E-state index contributed by atoms with van der Waals surface area (Å²) in [6.45, 7) is 6.85. The van der Waals surface area contributed by atoms with E-state index < -0.39 is 6.04 Å². The molecule has 1 aromatic carbocycles. The number of nitrogens with zero attached hydrogens (tertiary/aromatic N) is 2. The zero-order valence-corrected chi connectivity index (χ0v) is 20.1. The first kappa shape index (κ1) is 23.5. The van der Waals surface area contributed by atoms with Crippen LogP contribution in [0.25, 0.3) is 11.3 Å². The second-order valence-electron chi connectivity index (χ2n) is 8.40. The number of halogens is 1. The summed E-state index contributed by atoms with van der Waals surface area (Å²) in [6, 6.07) is 7.26. The third-order valence-corrected chi connectivity index (χ3v) is 6.24. The highest BCUT2D eigenvalue weighted by Crippen LogP contribution is 2.36. The number of aromatic nitrogens is 2. The number of imidazole rings is 1. The van der Waals surface area contributed by atoms with E-state index in [1.165, 1.54) is 0 Å². The molecule has 0 unspecified atom stereocenters. The summed E-state index contributed by atoms with van der Waals surface area (Å²) < 4.78 is 6.38. The molecule has 2 aromatic rings. The average molecular weight is 491 g/mol. The molecule has 3 atom stereocenters. The van der Waals surface area contributed by atoms with Gasteiger partial charge in [0.1, 0.15) is 11.9 Å². The molecule has 1 aliphatic heterocycles. The van der Waals surface area contributed by atoms with Crippen LogP contribution >= 0.6 is 15.9 Å². The Hall–Kier alpha value is -2.19. The number of hydrogen-bond donors (Lipinski definition) is 2. The lowest BCUT2D eigenvalue weighted by atomic mass is 10.0. The fourth-order valence-corrected chi connectivity index (χ4v) is 4.30. The number of likely N-dealkylation sites (tertiary alicyclic amines) is 1. The van der Waals surface area contributed by atoms with E-state index in [9.17, 15) is 9.59 Å². The number of nitrogens with one attached hydrogen (secondary N) is 2. The second kappa shape index (κ2) is 10.4. The van der Waals surface area contributed by atoms with Crippen molar-refractivity contribution >= 4 is 27.7 Å². The number of benzene rings is 1. The summed E-state index contributed by atoms with van der Waals surface area (Å²) in [4.78, 5) is 35.4. The Kier molecular flexibility index (Phi) is 7.89. The highest BCUT2D eigenvalue weighted by atomic mass is 79.9. The summed E-state index contributed by atoms with van der Waals surface area (Å²) in [6.07, 6.45) is 2.92. The Balaban J connectivity index is 1.87. The molecular formula is C23H31BrN4O3. The Labute approximate surface area is 192 Å². The van der Waals surface area contributed by atoms with Crippen molar-refractivity contribution < 1.29 is 14.3 Å². The summed E-state index contributed by atoms with van der Waals surface area (Å²) in [7, 11) is 1.68. The molecule has 0 saturated carbocycles. The standard InChI is InChI=1S/C23H31BrN4O3/c1-5-20(29)27-21(14(2)3)23(30)28-12-15(13-31-4)10-19(28)22-25-11-18(26-22)16-6-8-17(24)9-7-16/h6-9,11,14-15,19,21H,5,10,12-13H2,1-4H3,(H,25,26)(H,27,29)/t15-,19-,21-/m0/s1. The molecule has 31 heavy (non-hydrogen) atoms. The van der Waals surface area contributed by atoms with E-state index in [4.69, 9.17) is 4.74 Å². The molecule has 2 heterocycles. The van der Waals surface area contributed by atoms with Gasteiger partial charge in [0.25, 0.3) is 0 Å². The van der Waals surface area contributed by atoms with E-state index >= 15 is 0 Å². The van der Waals surface area contributed by atoms with Gasteiger partial charge in [-0.3, -0.25) is 9.59 Å². The highest BCUT2D eigenvalue weighted by molar-refractivity contribution is 9.10. The molecule has 7 nitrogen and oxygen atoms in total. The molecule has 8 heteroatoms. The van der Waals surface area contributed by atoms with Gasteiger partial charge in [0, 0.05) is 30.5 Å². The quantitative estimate of drug-likeness (QED) is 0.586. The first-order valence-electron chi connectivity index (χ1n) is 10.7. The van der Waals surface area contributed by atoms with Crippen molar-refractivity contribution in [2.24, 2.45) is 11.8 Å². The molecule has 1 aromatic heterocycles. The van der Waals surface area contributed by atoms with Crippen LogP contribution < -0.4 is 5.32 Å². The SMILES string of the molecule is CCC(=O)N[C@H](C(=O)N1C[C@@H](COC)C[C@H]1c1ncc(-c2ccc(Br)cc2)[nH]1)C(C)C. The number of H-pyrrole nitrogens is 1. The Morgan fingerprint density at radius 2 is 2.03 bits per heavy atom. The molecule has 0 spiro atoms. The monoisotopic (exact) mass is 490 g/mol. The van der Waals surface area contributed by atoms with E-state index in [2.05, 4.69) is 31.2 Å². The van der Waals surface area contributed by atoms with Crippen molar-refractivity contribution in [2.45, 2.75) is 45.7 Å². The number of carbonyl (C=O) groups is 2. The molecule has 168 valence electrons. The number of rotatable bonds is 8. The number of methoxy groups -OCH3 is 1. The van der Waals surface area contributed by atoms with E-state index in [-0.39, 0.29) is 29.7 Å². The molecule has 1 aliphatic rings. The van der Waals surface area contributed by atoms with Gasteiger partial charge >= 0.3 is 0 Å². The Bertz CT molecular complexity index is 896. The first-order chi connectivity index (χ1) is 14.8. The van der Waals surface area contributed by atoms with Crippen molar-refractivity contribution in [1.29, 1.82) is 0 Å². The Morgan fingerprint density at radius 1 is 1.32 bits per heavy atom. The lowest BCUT2D eigenvalue weighted by molar-refractivity contribution is -0.138. The molecule has 0 bridgehead atoms. The summed E-state index contributed by atoms with van der Waals surface area (Å²) >= 11 is 3.46. The molecule has 2 amide bonds. The van der Waals surface area contributed by atoms with Crippen LogP contribution in [0.4, 0.5) is 0 Å². The molecule has 2 N–H and O–H groups in total. The second-order valence-corrected chi connectivity index (χ2v) is 9.31. The predicted molar refractivity (Wildman–Crippen MR) is 123 cm³/mol. The van der Waals surface area contributed by atoms with Gasteiger partial charge in [0.2, 0.25) is 11.8 Å². The number of ether oxygens (including phenoxy) is 1. The minimum atomic E-state index is -0.558. The van der Waals surface area contributed by atoms with Crippen LogP contribution in [-0.2, 0) is 14.3 Å². The first-order valence-corrected chi connectivity index (χ1v) is 11.5. The number of amides is 2. The summed E-state index contributed by atoms with van der Waals surface area (Å²) in [5.41, 5.74) is 1.94. The van der Waals surface area contributed by atoms with Gasteiger partial charge in [0.05, 0.1) is 24.5 Å². The van der Waals surface area contributed by atoms with E-state index in [1.54, 1.807) is 14.0 Å². The van der Waals surface area contributed by atoms with Crippen LogP contribution in [0.5, 0.6) is 0 Å². The van der Waals surface area contributed by atoms with Gasteiger partial charge in [-0.2, -0.15) is 0 Å². The molecule has 1 fully saturated rings. The molecule has 0 aliphatic carbocycles. The van der Waals surface area contributed by atoms with Gasteiger partial charge in [-0.15, -0.1) is 0 Å². The van der Waals surface area contributed by atoms with Crippen LogP contribution in [0, 0.1) is 11.8 Å². The van der Waals surface area contributed by atoms with E-state index in [1.807, 2.05) is 49.2 Å². The highest BCUT2D eigenvalue weighted by Gasteiger charge is 2.41. The molecule has 3 rings (SSSR count). The van der Waals surface area contributed by atoms with Gasteiger partial charge in [-0.25, -0.2) is 4.98 Å². The Morgan fingerprint density at radius 3 is 2.65 bits per heavy atom. The van der Waals surface area contributed by atoms with Gasteiger partial charge in [0.15, 0.2) is 0 Å². The zero-order valence-electron chi connectivity index (χ0n) is 18.5. The number of hydrogen-bond acceptors (Lipinski definition) is 4. The smallest absolute Gasteiger partial charge is 0.246 e. The fourth-order valence-electron chi connectivity index (χ4n) is 4.03. The third-order valence-electron chi connectivity index (χ3n) is 5.71. The van der Waals surface area contributed by atoms with Crippen LogP contribution in [0.3, 0.4) is 0 Å². The maximum absolute atomic E-state index is 13.5. The predicted octanol–water partition coefficient (Wildman–Crippen LogP) is 3.93. The molecule has 0 radical (unpaired) electrons. The van der Waals surface area contributed by atoms with Gasteiger partial charge in [-0.1, -0.05) is 48.8 Å². The maximum Gasteiger partial charge on any atom is 0.246 e. The minimum absolute atomic E-state index is 0.0138. The van der Waals surface area contributed by atoms with E-state index in [0.717, 1.165) is 28.0 Å². The van der Waals surface area contributed by atoms with Crippen molar-refractivity contribution in [2.75, 3.05) is 20.3 Å². The zero-order chi connectivity index (χ0) is 22.5. The van der Waals surface area contributed by atoms with Crippen molar-refractivity contribution in [3.05, 3.63) is 40.8 Å². The minimum Gasteiger partial charge on any atom is -0.384 e. The third kappa shape index (κ3) is 5.54. The van der Waals surface area contributed by atoms with Crippen molar-refractivity contribution in [1.82, 2.24) is 20.2 Å². The molecular weight excluding hydrogens is 460 g/mol. The normalized spacial score (nSPS) is 19.6. The van der Waals surface area contributed by atoms with Gasteiger partial charge < -0.3 is 19.9 Å². The number of aromatic amines is 1. The van der Waals surface area contributed by atoms with Gasteiger partial charge in [-0.05, 0) is 30.0 Å². The summed E-state index contributed by atoms with van der Waals surface area (Å²) in [5.74, 6) is 0.776. The van der Waals surface area contributed by atoms with Crippen molar-refractivity contribution in [3.8, 4) is 11.3 Å². The maximum atomic E-state index is 13.5. The van der Waals surface area contributed by atoms with Crippen LogP contribution in [-0.4, -0.2) is 53.0 Å². The lowest BCUT2D eigenvalue weighted by Gasteiger charge is -2.30. The average Bonchev–Trinajstić information content (AvgIpc) is 3.39. The topological polar surface area (TPSA) is 87.3 Å². The summed E-state index contributed by atoms with van der Waals surface area (Å²) in [5, 5.41) is 2.90. The molecule has 1 saturated heterocycles. The fraction of sp³-hybridized carbons (Fsp3) is 0.522.